The predicted octanol–water partition coefficient (Wildman–Crippen LogP) is 3.95. The van der Waals surface area contributed by atoms with Gasteiger partial charge in [0.05, 0.1) is 0 Å². The van der Waals surface area contributed by atoms with E-state index in [2.05, 4.69) is 39.0 Å². The minimum Gasteiger partial charge on any atom is -0.273 e. The van der Waals surface area contributed by atoms with E-state index in [9.17, 15) is 0 Å². The summed E-state index contributed by atoms with van der Waals surface area (Å²) in [6.07, 6.45) is 9.75. The van der Waals surface area contributed by atoms with E-state index in [1.807, 2.05) is 0 Å². The van der Waals surface area contributed by atoms with E-state index in [1.165, 1.54) is 12.0 Å². The summed E-state index contributed by atoms with van der Waals surface area (Å²) in [7, 11) is 0. The number of hydrogen-bond donors (Lipinski definition) is 0. The largest absolute Gasteiger partial charge is 0.273 e. The van der Waals surface area contributed by atoms with E-state index in [4.69, 9.17) is 0 Å². The molecule has 13 heavy (non-hydrogen) atoms. The maximum absolute atomic E-state index is 3.18. The van der Waals surface area contributed by atoms with Crippen LogP contribution in [-0.4, -0.2) is 0 Å². The van der Waals surface area contributed by atoms with Crippen molar-refractivity contribution in [2.45, 2.75) is 33.6 Å². The summed E-state index contributed by atoms with van der Waals surface area (Å²) < 4.78 is 0. The monoisotopic (exact) mass is 297 g/mol. The van der Waals surface area contributed by atoms with Gasteiger partial charge in [0, 0.05) is 26.2 Å². The van der Waals surface area contributed by atoms with Crippen LogP contribution >= 0.6 is 24.8 Å². The Morgan fingerprint density at radius 1 is 1.31 bits per heavy atom. The van der Waals surface area contributed by atoms with Crippen molar-refractivity contribution in [2.24, 2.45) is 5.41 Å². The van der Waals surface area contributed by atoms with Gasteiger partial charge in [-0.25, -0.2) is 11.6 Å². The third-order valence-electron chi connectivity index (χ3n) is 1.50. The summed E-state index contributed by atoms with van der Waals surface area (Å²) in [5.74, 6) is 0. The van der Waals surface area contributed by atoms with E-state index < -0.39 is 0 Å². The molecule has 1 aliphatic rings. The SMILES string of the molecule is CC(C)(C)CC1=CC[C-]=C1.Cl.Cl.[Zr]. The van der Waals surface area contributed by atoms with Crippen molar-refractivity contribution >= 4 is 24.8 Å². The number of allylic oxidation sites excluding steroid dienone is 4. The molecule has 0 amide bonds. The minimum atomic E-state index is 0. The molecular formula is C10H17Cl2Zr-. The van der Waals surface area contributed by atoms with Gasteiger partial charge in [0.25, 0.3) is 0 Å². The standard InChI is InChI=1S/C10H15.2ClH.Zr/c1-10(2,3)8-9-6-4-5-7-9;;;/h6-7H,4,8H2,1-3H3;2*1H;/q-1;;;. The molecule has 0 spiro atoms. The van der Waals surface area contributed by atoms with Crippen LogP contribution in [0.25, 0.3) is 0 Å². The zero-order chi connectivity index (χ0) is 7.61. The van der Waals surface area contributed by atoms with Crippen LogP contribution in [0.2, 0.25) is 0 Å². The van der Waals surface area contributed by atoms with Crippen LogP contribution in [0.1, 0.15) is 33.6 Å². The molecule has 3 heteroatoms. The van der Waals surface area contributed by atoms with Gasteiger partial charge < -0.3 is 0 Å². The molecule has 0 N–H and O–H groups in total. The summed E-state index contributed by atoms with van der Waals surface area (Å²) in [6.45, 7) is 6.79. The molecule has 0 unspecified atom stereocenters. The van der Waals surface area contributed by atoms with Crippen molar-refractivity contribution in [3.8, 4) is 0 Å². The van der Waals surface area contributed by atoms with E-state index in [0.717, 1.165) is 6.42 Å². The Labute approximate surface area is 113 Å². The van der Waals surface area contributed by atoms with E-state index in [0.29, 0.717) is 5.41 Å². The first-order valence-electron chi connectivity index (χ1n) is 3.83. The van der Waals surface area contributed by atoms with Gasteiger partial charge in [-0.2, -0.15) is 6.08 Å². The van der Waals surface area contributed by atoms with E-state index in [-0.39, 0.29) is 51.0 Å². The molecular weight excluding hydrogens is 282 g/mol. The van der Waals surface area contributed by atoms with Gasteiger partial charge >= 0.3 is 0 Å². The van der Waals surface area contributed by atoms with Gasteiger partial charge in [-0.05, 0) is 5.41 Å². The number of rotatable bonds is 1. The van der Waals surface area contributed by atoms with Gasteiger partial charge in [-0.15, -0.1) is 31.2 Å². The summed E-state index contributed by atoms with van der Waals surface area (Å²) in [5.41, 5.74) is 1.88. The fraction of sp³-hybridized carbons (Fsp3) is 0.600. The molecule has 1 rings (SSSR count). The van der Waals surface area contributed by atoms with Crippen molar-refractivity contribution in [3.05, 3.63) is 23.8 Å². The number of hydrogen-bond acceptors (Lipinski definition) is 0. The average molecular weight is 299 g/mol. The first-order valence-corrected chi connectivity index (χ1v) is 3.83. The Morgan fingerprint density at radius 3 is 2.15 bits per heavy atom. The molecule has 0 aliphatic heterocycles. The van der Waals surface area contributed by atoms with Gasteiger partial charge in [0.15, 0.2) is 0 Å². The third-order valence-corrected chi connectivity index (χ3v) is 1.50. The van der Waals surface area contributed by atoms with E-state index in [1.54, 1.807) is 0 Å². The van der Waals surface area contributed by atoms with Gasteiger partial charge in [0.2, 0.25) is 0 Å². The molecule has 0 aromatic heterocycles. The third kappa shape index (κ3) is 9.25. The zero-order valence-electron chi connectivity index (χ0n) is 8.39. The van der Waals surface area contributed by atoms with Crippen LogP contribution in [0, 0.1) is 11.5 Å². The summed E-state index contributed by atoms with van der Waals surface area (Å²) in [6, 6.07) is 0. The predicted molar refractivity (Wildman–Crippen MR) is 59.1 cm³/mol. The van der Waals surface area contributed by atoms with Crippen LogP contribution in [0.4, 0.5) is 0 Å². The van der Waals surface area contributed by atoms with Gasteiger partial charge in [0.1, 0.15) is 0 Å². The molecule has 76 valence electrons. The first-order chi connectivity index (χ1) is 4.58. The maximum Gasteiger partial charge on any atom is 0 e. The molecule has 0 aromatic rings. The van der Waals surface area contributed by atoms with Crippen molar-refractivity contribution < 1.29 is 26.2 Å². The van der Waals surface area contributed by atoms with Gasteiger partial charge in [-0.3, -0.25) is 6.08 Å². The Kier molecular flexibility index (Phi) is 12.4. The maximum atomic E-state index is 3.18. The van der Waals surface area contributed by atoms with Crippen LogP contribution in [0.5, 0.6) is 0 Å². The average Bonchev–Trinajstić information content (AvgIpc) is 2.12. The number of halogens is 2. The first kappa shape index (κ1) is 19.5. The minimum absolute atomic E-state index is 0. The second-order valence-corrected chi connectivity index (χ2v) is 4.07. The Hall–Kier alpha value is 0.943. The molecule has 0 atom stereocenters. The summed E-state index contributed by atoms with van der Waals surface area (Å²) in [4.78, 5) is 0. The molecule has 0 aromatic carbocycles. The molecule has 0 radical (unpaired) electrons. The van der Waals surface area contributed by atoms with Crippen molar-refractivity contribution in [3.63, 3.8) is 0 Å². The smallest absolute Gasteiger partial charge is 0 e. The quantitative estimate of drug-likeness (QED) is 0.643. The van der Waals surface area contributed by atoms with Crippen molar-refractivity contribution in [1.29, 1.82) is 0 Å². The van der Waals surface area contributed by atoms with Crippen LogP contribution in [0.3, 0.4) is 0 Å². The van der Waals surface area contributed by atoms with Gasteiger partial charge in [-0.1, -0.05) is 27.2 Å². The molecule has 0 nitrogen and oxygen atoms in total. The fourth-order valence-electron chi connectivity index (χ4n) is 1.17. The summed E-state index contributed by atoms with van der Waals surface area (Å²) >= 11 is 0. The molecule has 0 saturated carbocycles. The Morgan fingerprint density at radius 2 is 1.85 bits per heavy atom. The van der Waals surface area contributed by atoms with Crippen molar-refractivity contribution in [1.82, 2.24) is 0 Å². The summed E-state index contributed by atoms with van der Waals surface area (Å²) in [5, 5.41) is 0. The normalized spacial score (nSPS) is 13.6. The Balaban J connectivity index is -0.000000333. The second kappa shape index (κ2) is 8.27. The second-order valence-electron chi connectivity index (χ2n) is 4.07. The Bertz CT molecular complexity index is 178. The van der Waals surface area contributed by atoms with Crippen LogP contribution in [0.15, 0.2) is 17.7 Å². The molecule has 1 aliphatic carbocycles. The zero-order valence-corrected chi connectivity index (χ0v) is 12.5. The topological polar surface area (TPSA) is 0 Å². The van der Waals surface area contributed by atoms with Crippen molar-refractivity contribution in [2.75, 3.05) is 0 Å². The molecule has 0 heterocycles. The molecule has 0 bridgehead atoms. The molecule has 0 saturated heterocycles. The van der Waals surface area contributed by atoms with Crippen LogP contribution < -0.4 is 0 Å². The molecule has 0 fully saturated rings. The fourth-order valence-corrected chi connectivity index (χ4v) is 1.17. The van der Waals surface area contributed by atoms with Crippen LogP contribution in [-0.2, 0) is 26.2 Å². The van der Waals surface area contributed by atoms with E-state index >= 15 is 0 Å².